The van der Waals surface area contributed by atoms with Gasteiger partial charge in [-0.25, -0.2) is 0 Å². The smallest absolute Gasteiger partial charge is 0.123 e. The van der Waals surface area contributed by atoms with Crippen LogP contribution in [0.25, 0.3) is 0 Å². The van der Waals surface area contributed by atoms with E-state index in [1.165, 1.54) is 0 Å². The Kier molecular flexibility index (Phi) is 8.39. The van der Waals surface area contributed by atoms with Gasteiger partial charge in [0.05, 0.1) is 13.2 Å². The summed E-state index contributed by atoms with van der Waals surface area (Å²) >= 11 is 0. The summed E-state index contributed by atoms with van der Waals surface area (Å²) in [6, 6.07) is 0. The van der Waals surface area contributed by atoms with Crippen LogP contribution in [0.5, 0.6) is 0 Å². The molecule has 5 nitrogen and oxygen atoms in total. The Morgan fingerprint density at radius 2 is 1.58 bits per heavy atom. The summed E-state index contributed by atoms with van der Waals surface area (Å²) in [5.41, 5.74) is 3.59. The largest absolute Gasteiger partial charge is 0.396 e. The molecule has 0 aromatic heterocycles. The predicted octanol–water partition coefficient (Wildman–Crippen LogP) is -2.39. The number of hydrogen-bond acceptors (Lipinski definition) is 5. The molecule has 0 bridgehead atoms. The maximum Gasteiger partial charge on any atom is 0.123 e. The molecule has 6 heteroatoms. The summed E-state index contributed by atoms with van der Waals surface area (Å²) < 4.78 is 0. The summed E-state index contributed by atoms with van der Waals surface area (Å²) in [7, 11) is 0. The molecule has 0 aliphatic carbocycles. The summed E-state index contributed by atoms with van der Waals surface area (Å²) in [5, 5.41) is 34.9. The Hall–Kier alpha value is 0.319. The minimum atomic E-state index is -1.68. The molecule has 6 N–H and O–H groups in total. The van der Waals surface area contributed by atoms with Crippen LogP contribution in [-0.2, 0) is 17.1 Å². The molecule has 0 amide bonds. The predicted molar refractivity (Wildman–Crippen MR) is 38.5 cm³/mol. The van der Waals surface area contributed by atoms with Crippen molar-refractivity contribution in [3.05, 3.63) is 0 Å². The SMILES string of the molecule is NC(O)(CCO)C(CO)CO.[Fe]. The van der Waals surface area contributed by atoms with Gasteiger partial charge in [-0.15, -0.1) is 0 Å². The molecule has 12 heavy (non-hydrogen) atoms. The summed E-state index contributed by atoms with van der Waals surface area (Å²) in [6.45, 7) is -1.07. The van der Waals surface area contributed by atoms with E-state index in [9.17, 15) is 5.11 Å². The number of rotatable bonds is 5. The van der Waals surface area contributed by atoms with Crippen molar-refractivity contribution in [1.29, 1.82) is 0 Å². The van der Waals surface area contributed by atoms with Crippen molar-refractivity contribution in [1.82, 2.24) is 0 Å². The molecule has 0 aliphatic rings. The monoisotopic (exact) mass is 221 g/mol. The van der Waals surface area contributed by atoms with E-state index in [2.05, 4.69) is 0 Å². The third-order valence-electron chi connectivity index (χ3n) is 1.66. The zero-order chi connectivity index (χ0) is 8.91. The van der Waals surface area contributed by atoms with E-state index in [-0.39, 0.29) is 30.1 Å². The van der Waals surface area contributed by atoms with Crippen LogP contribution in [-0.4, -0.2) is 46.0 Å². The quantitative estimate of drug-likeness (QED) is 0.263. The third kappa shape index (κ3) is 4.37. The number of nitrogens with two attached hydrogens (primary N) is 1. The summed E-state index contributed by atoms with van der Waals surface area (Å²) in [4.78, 5) is 0. The van der Waals surface area contributed by atoms with Gasteiger partial charge in [0.25, 0.3) is 0 Å². The van der Waals surface area contributed by atoms with Gasteiger partial charge >= 0.3 is 0 Å². The molecule has 0 aliphatic heterocycles. The Bertz CT molecular complexity index is 108. The molecule has 0 aromatic carbocycles. The van der Waals surface area contributed by atoms with Gasteiger partial charge in [0.2, 0.25) is 0 Å². The summed E-state index contributed by atoms with van der Waals surface area (Å²) in [6.07, 6.45) is -0.0568. The van der Waals surface area contributed by atoms with E-state index in [1.807, 2.05) is 0 Å². The van der Waals surface area contributed by atoms with Crippen molar-refractivity contribution < 1.29 is 37.5 Å². The number of aliphatic hydroxyl groups excluding tert-OH is 3. The van der Waals surface area contributed by atoms with Gasteiger partial charge in [-0.3, -0.25) is 0 Å². The Morgan fingerprint density at radius 3 is 1.83 bits per heavy atom. The molecule has 0 saturated heterocycles. The van der Waals surface area contributed by atoms with Crippen LogP contribution in [0, 0.1) is 5.92 Å². The topological polar surface area (TPSA) is 107 Å². The van der Waals surface area contributed by atoms with Gasteiger partial charge in [0.15, 0.2) is 0 Å². The Labute approximate surface area is 81.7 Å². The molecule has 0 rings (SSSR count). The first-order valence-electron chi connectivity index (χ1n) is 3.42. The zero-order valence-corrected chi connectivity index (χ0v) is 7.73. The molecular weight excluding hydrogens is 206 g/mol. The number of aliphatic hydroxyl groups is 4. The van der Waals surface area contributed by atoms with Crippen molar-refractivity contribution >= 4 is 0 Å². The third-order valence-corrected chi connectivity index (χ3v) is 1.66. The Morgan fingerprint density at radius 1 is 1.17 bits per heavy atom. The maximum absolute atomic E-state index is 9.27. The van der Waals surface area contributed by atoms with Gasteiger partial charge < -0.3 is 26.2 Å². The maximum atomic E-state index is 9.27. The first-order chi connectivity index (χ1) is 5.08. The van der Waals surface area contributed by atoms with E-state index in [0.29, 0.717) is 0 Å². The van der Waals surface area contributed by atoms with E-state index >= 15 is 0 Å². The van der Waals surface area contributed by atoms with Gasteiger partial charge in [0.1, 0.15) is 5.72 Å². The zero-order valence-electron chi connectivity index (χ0n) is 6.63. The molecule has 0 saturated carbocycles. The standard InChI is InChI=1S/C6H15NO4.Fe/c7-6(11,1-2-8)5(3-9)4-10;/h5,8-11H,1-4,7H2;. The van der Waals surface area contributed by atoms with Gasteiger partial charge in [0, 0.05) is 36.0 Å². The second-order valence-electron chi connectivity index (χ2n) is 2.53. The van der Waals surface area contributed by atoms with Gasteiger partial charge in [-0.05, 0) is 0 Å². The molecule has 1 atom stereocenters. The van der Waals surface area contributed by atoms with Crippen LogP contribution in [0.3, 0.4) is 0 Å². The van der Waals surface area contributed by atoms with Crippen LogP contribution in [0.15, 0.2) is 0 Å². The van der Waals surface area contributed by atoms with E-state index in [0.717, 1.165) is 0 Å². The average molecular weight is 221 g/mol. The first-order valence-corrected chi connectivity index (χ1v) is 3.42. The molecule has 0 spiro atoms. The second kappa shape index (κ2) is 6.79. The van der Waals surface area contributed by atoms with E-state index in [4.69, 9.17) is 21.1 Å². The van der Waals surface area contributed by atoms with Gasteiger partial charge in [-0.1, -0.05) is 0 Å². The molecule has 0 heterocycles. The van der Waals surface area contributed by atoms with Gasteiger partial charge in [-0.2, -0.15) is 0 Å². The minimum Gasteiger partial charge on any atom is -0.396 e. The molecule has 76 valence electrons. The van der Waals surface area contributed by atoms with Crippen molar-refractivity contribution in [2.75, 3.05) is 19.8 Å². The van der Waals surface area contributed by atoms with Crippen LogP contribution in [0.2, 0.25) is 0 Å². The first kappa shape index (κ1) is 14.8. The van der Waals surface area contributed by atoms with Crippen LogP contribution < -0.4 is 5.73 Å². The van der Waals surface area contributed by atoms with Crippen LogP contribution in [0.1, 0.15) is 6.42 Å². The molecule has 0 fully saturated rings. The summed E-state index contributed by atoms with van der Waals surface area (Å²) in [5.74, 6) is -0.797. The van der Waals surface area contributed by atoms with Crippen molar-refractivity contribution in [3.8, 4) is 0 Å². The molecule has 1 unspecified atom stereocenters. The minimum absolute atomic E-state index is 0. The molecule has 0 aromatic rings. The van der Waals surface area contributed by atoms with E-state index < -0.39 is 24.9 Å². The van der Waals surface area contributed by atoms with E-state index in [1.54, 1.807) is 0 Å². The number of hydrogen-bond donors (Lipinski definition) is 5. The Balaban J connectivity index is 0. The fraction of sp³-hybridized carbons (Fsp3) is 1.00. The van der Waals surface area contributed by atoms with Crippen molar-refractivity contribution in [2.45, 2.75) is 12.1 Å². The second-order valence-corrected chi connectivity index (χ2v) is 2.53. The van der Waals surface area contributed by atoms with Crippen molar-refractivity contribution in [3.63, 3.8) is 0 Å². The fourth-order valence-electron chi connectivity index (χ4n) is 0.757. The fourth-order valence-corrected chi connectivity index (χ4v) is 0.757. The molecular formula is C6H15FeNO4. The van der Waals surface area contributed by atoms with Crippen LogP contribution in [0.4, 0.5) is 0 Å². The normalized spacial score (nSPS) is 15.5. The van der Waals surface area contributed by atoms with Crippen molar-refractivity contribution in [2.24, 2.45) is 11.7 Å². The molecule has 0 radical (unpaired) electrons. The van der Waals surface area contributed by atoms with Crippen LogP contribution >= 0.6 is 0 Å². The average Bonchev–Trinajstić information content (AvgIpc) is 1.89.